The first-order chi connectivity index (χ1) is 9.54. The summed E-state index contributed by atoms with van der Waals surface area (Å²) in [4.78, 5) is 13.8. The second-order valence-electron chi connectivity index (χ2n) is 4.74. The van der Waals surface area contributed by atoms with Crippen LogP contribution in [0.4, 0.5) is 8.78 Å². The molecule has 0 saturated carbocycles. The van der Waals surface area contributed by atoms with Crippen molar-refractivity contribution < 1.29 is 13.6 Å². The predicted molar refractivity (Wildman–Crippen MR) is 73.5 cm³/mol. The van der Waals surface area contributed by atoms with Gasteiger partial charge in [-0.15, -0.1) is 0 Å². The minimum Gasteiger partial charge on any atom is -0.295 e. The summed E-state index contributed by atoms with van der Waals surface area (Å²) in [6.45, 7) is 0.710. The van der Waals surface area contributed by atoms with Crippen molar-refractivity contribution in [2.45, 2.75) is 6.54 Å². The van der Waals surface area contributed by atoms with E-state index in [1.165, 1.54) is 0 Å². The number of rotatable bonds is 5. The van der Waals surface area contributed by atoms with E-state index >= 15 is 0 Å². The van der Waals surface area contributed by atoms with E-state index in [0.29, 0.717) is 6.54 Å². The highest BCUT2D eigenvalue weighted by Gasteiger charge is 2.12. The van der Waals surface area contributed by atoms with Gasteiger partial charge in [0, 0.05) is 18.2 Å². The number of nitrogens with zero attached hydrogens (tertiary/aromatic N) is 1. The maximum atomic E-state index is 13.1. The Kier molecular flexibility index (Phi) is 4.58. The second-order valence-corrected chi connectivity index (χ2v) is 4.74. The van der Waals surface area contributed by atoms with Crippen LogP contribution in [-0.4, -0.2) is 24.3 Å². The number of carbonyl (C=O) groups excluding carboxylic acids is 1. The minimum absolute atomic E-state index is 0.0578. The van der Waals surface area contributed by atoms with Crippen molar-refractivity contribution in [3.8, 4) is 0 Å². The number of ketones is 1. The molecule has 2 rings (SSSR count). The molecule has 4 heteroatoms. The Balaban J connectivity index is 2.00. The molecular formula is C16H15F2NO. The lowest BCUT2D eigenvalue weighted by Crippen LogP contribution is -2.25. The molecule has 0 amide bonds. The Morgan fingerprint density at radius 2 is 1.65 bits per heavy atom. The third kappa shape index (κ3) is 3.96. The molecule has 0 aliphatic rings. The third-order valence-electron chi connectivity index (χ3n) is 2.89. The Bertz CT molecular complexity index is 578. The maximum absolute atomic E-state index is 13.1. The van der Waals surface area contributed by atoms with E-state index in [1.807, 2.05) is 30.3 Å². The lowest BCUT2D eigenvalue weighted by molar-refractivity contribution is 0.0942. The zero-order valence-corrected chi connectivity index (χ0v) is 11.1. The van der Waals surface area contributed by atoms with Crippen LogP contribution in [0.1, 0.15) is 15.9 Å². The smallest absolute Gasteiger partial charge is 0.177 e. The van der Waals surface area contributed by atoms with Crippen molar-refractivity contribution in [2.24, 2.45) is 0 Å². The molecule has 0 bridgehead atoms. The van der Waals surface area contributed by atoms with E-state index in [4.69, 9.17) is 0 Å². The van der Waals surface area contributed by atoms with Crippen molar-refractivity contribution in [3.63, 3.8) is 0 Å². The quantitative estimate of drug-likeness (QED) is 0.780. The van der Waals surface area contributed by atoms with Gasteiger partial charge in [-0.25, -0.2) is 8.78 Å². The van der Waals surface area contributed by atoms with Gasteiger partial charge in [0.25, 0.3) is 0 Å². The minimum atomic E-state index is -0.737. The van der Waals surface area contributed by atoms with Crippen LogP contribution in [0, 0.1) is 11.6 Å². The summed E-state index contributed by atoms with van der Waals surface area (Å²) in [6, 6.07) is 12.6. The number of benzene rings is 2. The summed E-state index contributed by atoms with van der Waals surface area (Å²) in [5, 5.41) is 0. The first-order valence-electron chi connectivity index (χ1n) is 6.26. The number of hydrogen-bond donors (Lipinski definition) is 0. The molecule has 0 radical (unpaired) electrons. The van der Waals surface area contributed by atoms with Crippen molar-refractivity contribution in [2.75, 3.05) is 13.6 Å². The fourth-order valence-electron chi connectivity index (χ4n) is 2.00. The first kappa shape index (κ1) is 14.3. The average Bonchev–Trinajstić information content (AvgIpc) is 2.38. The molecule has 0 N–H and O–H groups in total. The molecule has 0 fully saturated rings. The van der Waals surface area contributed by atoms with Crippen molar-refractivity contribution in [3.05, 3.63) is 71.3 Å². The molecule has 0 atom stereocenters. The average molecular weight is 275 g/mol. The summed E-state index contributed by atoms with van der Waals surface area (Å²) < 4.78 is 26.1. The van der Waals surface area contributed by atoms with E-state index < -0.39 is 11.6 Å². The summed E-state index contributed by atoms with van der Waals surface area (Å²) in [7, 11) is 1.79. The Hall–Kier alpha value is -2.07. The normalized spacial score (nSPS) is 10.8. The van der Waals surface area contributed by atoms with Crippen LogP contribution < -0.4 is 0 Å². The van der Waals surface area contributed by atoms with Gasteiger partial charge in [-0.3, -0.25) is 9.69 Å². The van der Waals surface area contributed by atoms with E-state index in [1.54, 1.807) is 11.9 Å². The van der Waals surface area contributed by atoms with Crippen molar-refractivity contribution in [1.82, 2.24) is 4.90 Å². The lowest BCUT2D eigenvalue weighted by atomic mass is 10.1. The largest absolute Gasteiger partial charge is 0.295 e. The van der Waals surface area contributed by atoms with Crippen LogP contribution in [0.2, 0.25) is 0 Å². The summed E-state index contributed by atoms with van der Waals surface area (Å²) in [6.07, 6.45) is 0. The van der Waals surface area contributed by atoms with Gasteiger partial charge in [-0.05, 0) is 24.7 Å². The molecule has 0 aromatic heterocycles. The summed E-state index contributed by atoms with van der Waals surface area (Å²) in [5.74, 6) is -1.78. The maximum Gasteiger partial charge on any atom is 0.177 e. The van der Waals surface area contributed by atoms with Gasteiger partial charge < -0.3 is 0 Å². The number of likely N-dealkylation sites (N-methyl/N-ethyl adjacent to an activating group) is 1. The van der Waals surface area contributed by atoms with Gasteiger partial charge in [0.1, 0.15) is 11.6 Å². The van der Waals surface area contributed by atoms with E-state index in [2.05, 4.69) is 0 Å². The van der Waals surface area contributed by atoms with Crippen LogP contribution in [0.3, 0.4) is 0 Å². The monoisotopic (exact) mass is 275 g/mol. The van der Waals surface area contributed by atoms with E-state index in [9.17, 15) is 13.6 Å². The molecule has 20 heavy (non-hydrogen) atoms. The van der Waals surface area contributed by atoms with Crippen LogP contribution in [-0.2, 0) is 6.54 Å². The van der Waals surface area contributed by atoms with E-state index in [0.717, 1.165) is 23.8 Å². The molecule has 0 heterocycles. The number of halogens is 2. The topological polar surface area (TPSA) is 20.3 Å². The fraction of sp³-hybridized carbons (Fsp3) is 0.188. The SMILES string of the molecule is CN(CC(=O)c1cc(F)cc(F)c1)Cc1ccccc1. The Labute approximate surface area is 116 Å². The molecule has 0 unspecified atom stereocenters. The zero-order valence-electron chi connectivity index (χ0n) is 11.1. The molecule has 104 valence electrons. The standard InChI is InChI=1S/C16H15F2NO/c1-19(10-12-5-3-2-4-6-12)11-16(20)13-7-14(17)9-15(18)8-13/h2-9H,10-11H2,1H3. The van der Waals surface area contributed by atoms with Gasteiger partial charge in [0.05, 0.1) is 6.54 Å². The van der Waals surface area contributed by atoms with Crippen LogP contribution >= 0.6 is 0 Å². The van der Waals surface area contributed by atoms with Gasteiger partial charge in [-0.1, -0.05) is 30.3 Å². The highest BCUT2D eigenvalue weighted by atomic mass is 19.1. The van der Waals surface area contributed by atoms with Crippen molar-refractivity contribution >= 4 is 5.78 Å². The molecule has 0 spiro atoms. The molecule has 2 aromatic rings. The second kappa shape index (κ2) is 6.39. The molecule has 0 aliphatic heterocycles. The van der Waals surface area contributed by atoms with Gasteiger partial charge >= 0.3 is 0 Å². The molecule has 0 aliphatic carbocycles. The third-order valence-corrected chi connectivity index (χ3v) is 2.89. The zero-order chi connectivity index (χ0) is 14.5. The lowest BCUT2D eigenvalue weighted by Gasteiger charge is -2.15. The highest BCUT2D eigenvalue weighted by Crippen LogP contribution is 2.10. The number of hydrogen-bond acceptors (Lipinski definition) is 2. The summed E-state index contributed by atoms with van der Waals surface area (Å²) >= 11 is 0. The molecule has 0 saturated heterocycles. The Morgan fingerprint density at radius 3 is 2.25 bits per heavy atom. The fourth-order valence-corrected chi connectivity index (χ4v) is 2.00. The van der Waals surface area contributed by atoms with Gasteiger partial charge in [0.2, 0.25) is 0 Å². The Morgan fingerprint density at radius 1 is 1.05 bits per heavy atom. The molecule has 2 aromatic carbocycles. The molecule has 2 nitrogen and oxygen atoms in total. The number of carbonyl (C=O) groups is 1. The summed E-state index contributed by atoms with van der Waals surface area (Å²) in [5.41, 5.74) is 1.13. The van der Waals surface area contributed by atoms with Crippen molar-refractivity contribution in [1.29, 1.82) is 0 Å². The first-order valence-corrected chi connectivity index (χ1v) is 6.26. The van der Waals surface area contributed by atoms with Crippen LogP contribution in [0.25, 0.3) is 0 Å². The van der Waals surface area contributed by atoms with Gasteiger partial charge in [0.15, 0.2) is 5.78 Å². The van der Waals surface area contributed by atoms with Crippen LogP contribution in [0.15, 0.2) is 48.5 Å². The predicted octanol–water partition coefficient (Wildman–Crippen LogP) is 3.28. The molecular weight excluding hydrogens is 260 g/mol. The van der Waals surface area contributed by atoms with Gasteiger partial charge in [-0.2, -0.15) is 0 Å². The highest BCUT2D eigenvalue weighted by molar-refractivity contribution is 5.97. The van der Waals surface area contributed by atoms with Crippen LogP contribution in [0.5, 0.6) is 0 Å². The number of Topliss-reactive ketones (excluding diaryl/α,β-unsaturated/α-hetero) is 1. The van der Waals surface area contributed by atoms with E-state index in [-0.39, 0.29) is 17.9 Å².